The van der Waals surface area contributed by atoms with Gasteiger partial charge in [-0.15, -0.1) is 0 Å². The van der Waals surface area contributed by atoms with Gasteiger partial charge in [0.1, 0.15) is 12.7 Å². The first-order valence-electron chi connectivity index (χ1n) is 12.5. The lowest BCUT2D eigenvalue weighted by molar-refractivity contribution is -0.145. The Hall–Kier alpha value is -2.49. The van der Waals surface area contributed by atoms with E-state index in [0.29, 0.717) is 0 Å². The molecule has 0 saturated carbocycles. The molecule has 1 atom stereocenters. The smallest absolute Gasteiger partial charge is 0.329 e. The Labute approximate surface area is 202 Å². The maximum absolute atomic E-state index is 10.7. The van der Waals surface area contributed by atoms with Crippen LogP contribution in [-0.2, 0) is 14.4 Å². The summed E-state index contributed by atoms with van der Waals surface area (Å²) >= 11 is 0. The van der Waals surface area contributed by atoms with Crippen LogP contribution < -0.4 is 0 Å². The molecule has 1 unspecified atom stereocenters. The lowest BCUT2D eigenvalue weighted by atomic mass is 10.0. The van der Waals surface area contributed by atoms with Gasteiger partial charge >= 0.3 is 5.97 Å². The summed E-state index contributed by atoms with van der Waals surface area (Å²) in [5.74, 6) is -0.910. The fourth-order valence-corrected chi connectivity index (χ4v) is 4.73. The third kappa shape index (κ3) is 7.25. The number of oxime groups is 1. The molecular weight excluding hydrogens is 434 g/mol. The van der Waals surface area contributed by atoms with Crippen molar-refractivity contribution in [3.8, 4) is 0 Å². The monoisotopic (exact) mass is 471 g/mol. The SMILES string of the molecule is CCCN1CCN(N=Cc2ccc(C3=NOC(CN4CCC(OCC(=O)O)CC4)C3)cc2)CC1. The van der Waals surface area contributed by atoms with E-state index in [1.54, 1.807) is 0 Å². The molecule has 34 heavy (non-hydrogen) atoms. The van der Waals surface area contributed by atoms with E-state index in [2.05, 4.69) is 56.3 Å². The molecule has 1 aromatic rings. The highest BCUT2D eigenvalue weighted by molar-refractivity contribution is 6.01. The van der Waals surface area contributed by atoms with Crippen LogP contribution in [0.2, 0.25) is 0 Å². The maximum atomic E-state index is 10.7. The Morgan fingerprint density at radius 3 is 2.56 bits per heavy atom. The fourth-order valence-electron chi connectivity index (χ4n) is 4.73. The Morgan fingerprint density at radius 2 is 1.88 bits per heavy atom. The molecule has 0 spiro atoms. The minimum absolute atomic E-state index is 0.0383. The molecule has 0 amide bonds. The number of ether oxygens (including phenoxy) is 1. The summed E-state index contributed by atoms with van der Waals surface area (Å²) in [4.78, 5) is 21.2. The van der Waals surface area contributed by atoms with E-state index in [-0.39, 0.29) is 18.8 Å². The molecule has 0 bridgehead atoms. The molecule has 3 heterocycles. The number of rotatable bonds is 10. The molecule has 0 radical (unpaired) electrons. The van der Waals surface area contributed by atoms with Gasteiger partial charge in [-0.25, -0.2) is 4.79 Å². The summed E-state index contributed by atoms with van der Waals surface area (Å²) in [6, 6.07) is 8.36. The highest BCUT2D eigenvalue weighted by atomic mass is 16.6. The van der Waals surface area contributed by atoms with E-state index in [1.807, 2.05) is 6.21 Å². The standard InChI is InChI=1S/C25H37N5O4/c1-2-9-28-12-14-30(15-13-28)26-17-20-3-5-21(6-4-20)24-16-23(34-27-24)18-29-10-7-22(8-11-29)33-19-25(31)32/h3-6,17,22-23H,2,7-16,18-19H2,1H3,(H,31,32). The van der Waals surface area contributed by atoms with E-state index < -0.39 is 5.97 Å². The van der Waals surface area contributed by atoms with Gasteiger partial charge in [0.2, 0.25) is 0 Å². The van der Waals surface area contributed by atoms with E-state index in [4.69, 9.17) is 14.7 Å². The van der Waals surface area contributed by atoms with Gasteiger partial charge in [0.25, 0.3) is 0 Å². The van der Waals surface area contributed by atoms with Crippen LogP contribution in [0.5, 0.6) is 0 Å². The van der Waals surface area contributed by atoms with Crippen LogP contribution in [-0.4, -0.2) is 109 Å². The minimum Gasteiger partial charge on any atom is -0.480 e. The third-order valence-corrected chi connectivity index (χ3v) is 6.67. The first kappa shape index (κ1) is 24.6. The zero-order valence-corrected chi connectivity index (χ0v) is 20.1. The molecule has 1 N–H and O–H groups in total. The molecule has 9 heteroatoms. The molecule has 186 valence electrons. The zero-order chi connectivity index (χ0) is 23.8. The number of piperidine rings is 1. The van der Waals surface area contributed by atoms with Crippen molar-refractivity contribution in [3.63, 3.8) is 0 Å². The number of carboxylic acids is 1. The number of hydrogen-bond donors (Lipinski definition) is 1. The average Bonchev–Trinajstić information content (AvgIpc) is 3.32. The highest BCUT2D eigenvalue weighted by Gasteiger charge is 2.27. The largest absolute Gasteiger partial charge is 0.480 e. The average molecular weight is 472 g/mol. The quantitative estimate of drug-likeness (QED) is 0.523. The van der Waals surface area contributed by atoms with Crippen molar-refractivity contribution in [2.75, 3.05) is 59.0 Å². The second kappa shape index (κ2) is 12.3. The van der Waals surface area contributed by atoms with Crippen molar-refractivity contribution in [2.24, 2.45) is 10.3 Å². The molecule has 9 nitrogen and oxygen atoms in total. The molecule has 1 aromatic carbocycles. The van der Waals surface area contributed by atoms with Crippen molar-refractivity contribution in [1.82, 2.24) is 14.8 Å². The second-order valence-electron chi connectivity index (χ2n) is 9.34. The summed E-state index contributed by atoms with van der Waals surface area (Å²) in [5.41, 5.74) is 3.16. The van der Waals surface area contributed by atoms with Crippen molar-refractivity contribution < 1.29 is 19.5 Å². The Balaban J connectivity index is 1.18. The van der Waals surface area contributed by atoms with E-state index in [9.17, 15) is 4.79 Å². The lowest BCUT2D eigenvalue weighted by Gasteiger charge is -2.32. The number of hydrazone groups is 1. The minimum atomic E-state index is -0.910. The number of aliphatic carboxylic acids is 1. The Morgan fingerprint density at radius 1 is 1.15 bits per heavy atom. The van der Waals surface area contributed by atoms with Crippen molar-refractivity contribution in [1.29, 1.82) is 0 Å². The number of carbonyl (C=O) groups is 1. The van der Waals surface area contributed by atoms with Gasteiger partial charge in [0.05, 0.1) is 18.0 Å². The van der Waals surface area contributed by atoms with Crippen LogP contribution in [0.1, 0.15) is 43.7 Å². The lowest BCUT2D eigenvalue weighted by Crippen LogP contribution is -2.44. The summed E-state index contributed by atoms with van der Waals surface area (Å²) in [7, 11) is 0. The van der Waals surface area contributed by atoms with E-state index in [0.717, 1.165) is 81.9 Å². The number of piperazine rings is 1. The molecule has 3 aliphatic rings. The topological polar surface area (TPSA) is 90.2 Å². The van der Waals surface area contributed by atoms with Gasteiger partial charge < -0.3 is 14.7 Å². The van der Waals surface area contributed by atoms with Crippen LogP contribution in [0.3, 0.4) is 0 Å². The Kier molecular flexibility index (Phi) is 8.90. The van der Waals surface area contributed by atoms with Crippen LogP contribution in [0, 0.1) is 0 Å². The van der Waals surface area contributed by atoms with Crippen LogP contribution in [0.25, 0.3) is 0 Å². The normalized spacial score (nSPS) is 22.8. The van der Waals surface area contributed by atoms with Gasteiger partial charge in [0.15, 0.2) is 0 Å². The van der Waals surface area contributed by atoms with Gasteiger partial charge in [-0.05, 0) is 36.9 Å². The number of likely N-dealkylation sites (tertiary alicyclic amines) is 1. The molecule has 2 fully saturated rings. The molecule has 2 saturated heterocycles. The number of benzene rings is 1. The molecule has 3 aliphatic heterocycles. The van der Waals surface area contributed by atoms with Gasteiger partial charge in [0, 0.05) is 52.2 Å². The predicted molar refractivity (Wildman–Crippen MR) is 131 cm³/mol. The summed E-state index contributed by atoms with van der Waals surface area (Å²) in [6.45, 7) is 9.93. The first-order valence-corrected chi connectivity index (χ1v) is 12.5. The van der Waals surface area contributed by atoms with E-state index in [1.165, 1.54) is 13.0 Å². The van der Waals surface area contributed by atoms with Gasteiger partial charge in [-0.2, -0.15) is 5.10 Å². The molecule has 4 rings (SSSR count). The van der Waals surface area contributed by atoms with Crippen molar-refractivity contribution >= 4 is 17.9 Å². The van der Waals surface area contributed by atoms with Gasteiger partial charge in [-0.3, -0.25) is 14.8 Å². The van der Waals surface area contributed by atoms with Crippen molar-refractivity contribution in [3.05, 3.63) is 35.4 Å². The van der Waals surface area contributed by atoms with Crippen molar-refractivity contribution in [2.45, 2.75) is 44.8 Å². The maximum Gasteiger partial charge on any atom is 0.329 e. The third-order valence-electron chi connectivity index (χ3n) is 6.67. The zero-order valence-electron chi connectivity index (χ0n) is 20.1. The number of carboxylic acid groups (broad SMARTS) is 1. The molecule has 0 aliphatic carbocycles. The fraction of sp³-hybridized carbons (Fsp3) is 0.640. The van der Waals surface area contributed by atoms with Crippen LogP contribution in [0.15, 0.2) is 34.5 Å². The number of hydrogen-bond acceptors (Lipinski definition) is 8. The highest BCUT2D eigenvalue weighted by Crippen LogP contribution is 2.20. The first-order chi connectivity index (χ1) is 16.6. The molecule has 0 aromatic heterocycles. The summed E-state index contributed by atoms with van der Waals surface area (Å²) < 4.78 is 5.42. The second-order valence-corrected chi connectivity index (χ2v) is 9.34. The number of nitrogens with zero attached hydrogens (tertiary/aromatic N) is 5. The van der Waals surface area contributed by atoms with E-state index >= 15 is 0 Å². The summed E-state index contributed by atoms with van der Waals surface area (Å²) in [5, 5.41) is 19.9. The predicted octanol–water partition coefficient (Wildman–Crippen LogP) is 2.11. The van der Waals surface area contributed by atoms with Crippen LogP contribution >= 0.6 is 0 Å². The Bertz CT molecular complexity index is 843. The van der Waals surface area contributed by atoms with Crippen LogP contribution in [0.4, 0.5) is 0 Å². The molecular formula is C25H37N5O4. The van der Waals surface area contributed by atoms with Gasteiger partial charge in [-0.1, -0.05) is 36.3 Å². The summed E-state index contributed by atoms with van der Waals surface area (Å²) in [6.07, 6.45) is 5.74.